The lowest BCUT2D eigenvalue weighted by molar-refractivity contribution is -0.126. The highest BCUT2D eigenvalue weighted by Gasteiger charge is 2.26. The Morgan fingerprint density at radius 3 is 2.62 bits per heavy atom. The summed E-state index contributed by atoms with van der Waals surface area (Å²) >= 11 is 0. The predicted octanol–water partition coefficient (Wildman–Crippen LogP) is 2.77. The number of carbonyl (C=O) groups is 1. The molecule has 0 saturated carbocycles. The lowest BCUT2D eigenvalue weighted by Gasteiger charge is -2.31. The number of carbonyl (C=O) groups excluding carboxylic acids is 1. The van der Waals surface area contributed by atoms with Gasteiger partial charge in [0.15, 0.2) is 5.82 Å². The van der Waals surface area contributed by atoms with Crippen LogP contribution in [0.5, 0.6) is 0 Å². The topological polar surface area (TPSA) is 88.8 Å². The normalized spacial score (nSPS) is 15.0. The van der Waals surface area contributed by atoms with E-state index in [2.05, 4.69) is 25.4 Å². The van der Waals surface area contributed by atoms with E-state index in [1.54, 1.807) is 41.6 Å². The molecule has 1 N–H and O–H groups in total. The third-order valence-electron chi connectivity index (χ3n) is 5.09. The summed E-state index contributed by atoms with van der Waals surface area (Å²) in [6, 6.07) is 7.57. The second kappa shape index (κ2) is 8.64. The Hall–Kier alpha value is -3.55. The summed E-state index contributed by atoms with van der Waals surface area (Å²) < 4.78 is 1.74. The fraction of sp³-hybridized carbons (Fsp3) is 0.286. The summed E-state index contributed by atoms with van der Waals surface area (Å²) in [5.41, 5.74) is 1.83. The molecule has 1 aliphatic rings. The molecule has 0 aliphatic carbocycles. The van der Waals surface area contributed by atoms with Crippen molar-refractivity contribution in [3.8, 4) is 0 Å². The molecule has 4 heterocycles. The minimum atomic E-state index is 0.0237. The summed E-state index contributed by atoms with van der Waals surface area (Å²) in [5.74, 6) is 1.74. The number of likely N-dealkylation sites (tertiary alicyclic amines) is 1. The second-order valence-corrected chi connectivity index (χ2v) is 6.94. The van der Waals surface area contributed by atoms with Crippen molar-refractivity contribution in [3.05, 3.63) is 66.5 Å². The average molecular weight is 389 g/mol. The van der Waals surface area contributed by atoms with Gasteiger partial charge in [-0.15, -0.1) is 0 Å². The maximum atomic E-state index is 12.5. The number of piperidine rings is 1. The summed E-state index contributed by atoms with van der Waals surface area (Å²) in [7, 11) is 1.85. The Kier molecular flexibility index (Phi) is 5.60. The number of pyridine rings is 1. The molecule has 1 aliphatic heterocycles. The molecule has 0 unspecified atom stereocenters. The number of anilines is 2. The van der Waals surface area contributed by atoms with Gasteiger partial charge in [-0.3, -0.25) is 14.5 Å². The van der Waals surface area contributed by atoms with Crippen LogP contribution in [-0.4, -0.2) is 48.6 Å². The lowest BCUT2D eigenvalue weighted by Crippen LogP contribution is -2.37. The molecule has 0 spiro atoms. The van der Waals surface area contributed by atoms with Crippen LogP contribution in [0.25, 0.3) is 6.08 Å². The first-order chi connectivity index (χ1) is 14.2. The van der Waals surface area contributed by atoms with Gasteiger partial charge in [-0.1, -0.05) is 6.07 Å². The zero-order valence-corrected chi connectivity index (χ0v) is 16.3. The van der Waals surface area contributed by atoms with E-state index in [4.69, 9.17) is 0 Å². The third kappa shape index (κ3) is 4.48. The van der Waals surface area contributed by atoms with Crippen LogP contribution >= 0.6 is 0 Å². The van der Waals surface area contributed by atoms with Gasteiger partial charge in [0.1, 0.15) is 5.82 Å². The minimum absolute atomic E-state index is 0.0237. The van der Waals surface area contributed by atoms with Crippen LogP contribution in [0.15, 0.2) is 55.1 Å². The Morgan fingerprint density at radius 1 is 1.07 bits per heavy atom. The van der Waals surface area contributed by atoms with E-state index < -0.39 is 0 Å². The second-order valence-electron chi connectivity index (χ2n) is 6.94. The van der Waals surface area contributed by atoms with Gasteiger partial charge >= 0.3 is 0 Å². The number of nitrogens with one attached hydrogen (secondary N) is 1. The van der Waals surface area contributed by atoms with Crippen LogP contribution in [0, 0.1) is 0 Å². The van der Waals surface area contributed by atoms with Gasteiger partial charge in [0.05, 0.1) is 11.4 Å². The number of amides is 1. The zero-order chi connectivity index (χ0) is 20.1. The molecule has 0 aromatic carbocycles. The zero-order valence-electron chi connectivity index (χ0n) is 16.3. The fourth-order valence-electron chi connectivity index (χ4n) is 3.48. The largest absolute Gasteiger partial charge is 0.339 e. The third-order valence-corrected chi connectivity index (χ3v) is 5.09. The smallest absolute Gasteiger partial charge is 0.246 e. The first kappa shape index (κ1) is 18.8. The van der Waals surface area contributed by atoms with E-state index in [0.29, 0.717) is 13.1 Å². The van der Waals surface area contributed by atoms with E-state index in [0.717, 1.165) is 35.9 Å². The monoisotopic (exact) mass is 389 g/mol. The summed E-state index contributed by atoms with van der Waals surface area (Å²) in [5, 5.41) is 7.37. The minimum Gasteiger partial charge on any atom is -0.339 e. The first-order valence-corrected chi connectivity index (χ1v) is 9.64. The maximum Gasteiger partial charge on any atom is 0.246 e. The lowest BCUT2D eigenvalue weighted by atomic mass is 9.93. The van der Waals surface area contributed by atoms with Gasteiger partial charge < -0.3 is 10.2 Å². The van der Waals surface area contributed by atoms with E-state index in [-0.39, 0.29) is 11.8 Å². The number of hydrogen-bond donors (Lipinski definition) is 1. The fourth-order valence-corrected chi connectivity index (χ4v) is 3.48. The molecule has 1 amide bonds. The summed E-state index contributed by atoms with van der Waals surface area (Å²) in [4.78, 5) is 27.7. The Balaban J connectivity index is 1.39. The maximum absolute atomic E-state index is 12.5. The Labute approximate surface area is 169 Å². The van der Waals surface area contributed by atoms with Crippen LogP contribution < -0.4 is 5.32 Å². The van der Waals surface area contributed by atoms with Gasteiger partial charge in [-0.2, -0.15) is 5.10 Å². The molecule has 148 valence electrons. The Morgan fingerprint density at radius 2 is 1.90 bits per heavy atom. The van der Waals surface area contributed by atoms with Crippen LogP contribution in [0.3, 0.4) is 0 Å². The van der Waals surface area contributed by atoms with E-state index in [1.165, 1.54) is 0 Å². The van der Waals surface area contributed by atoms with Crippen LogP contribution in [0.2, 0.25) is 0 Å². The highest BCUT2D eigenvalue weighted by atomic mass is 16.2. The molecule has 0 bridgehead atoms. The van der Waals surface area contributed by atoms with Crippen molar-refractivity contribution in [1.82, 2.24) is 29.6 Å². The summed E-state index contributed by atoms with van der Waals surface area (Å²) in [6.07, 6.45) is 12.0. The van der Waals surface area contributed by atoms with Gasteiger partial charge in [0, 0.05) is 56.9 Å². The van der Waals surface area contributed by atoms with Crippen LogP contribution in [0.4, 0.5) is 11.6 Å². The van der Waals surface area contributed by atoms with Crippen LogP contribution in [0.1, 0.15) is 30.1 Å². The number of hydrogen-bond acceptors (Lipinski definition) is 6. The van der Waals surface area contributed by atoms with Crippen molar-refractivity contribution in [2.75, 3.05) is 18.4 Å². The van der Waals surface area contributed by atoms with Gasteiger partial charge in [0.2, 0.25) is 5.91 Å². The number of aromatic nitrogens is 5. The Bertz CT molecular complexity index is 991. The molecule has 1 fully saturated rings. The molecular weight excluding hydrogens is 366 g/mol. The molecule has 0 radical (unpaired) electrons. The van der Waals surface area contributed by atoms with Crippen molar-refractivity contribution >= 4 is 23.6 Å². The van der Waals surface area contributed by atoms with Crippen molar-refractivity contribution in [2.24, 2.45) is 7.05 Å². The van der Waals surface area contributed by atoms with Gasteiger partial charge in [0.25, 0.3) is 0 Å². The molecular formula is C21H23N7O. The predicted molar refractivity (Wildman–Crippen MR) is 110 cm³/mol. The first-order valence-electron chi connectivity index (χ1n) is 9.64. The highest BCUT2D eigenvalue weighted by Crippen LogP contribution is 2.31. The van der Waals surface area contributed by atoms with Crippen molar-refractivity contribution in [1.29, 1.82) is 0 Å². The summed E-state index contributed by atoms with van der Waals surface area (Å²) in [6.45, 7) is 1.39. The highest BCUT2D eigenvalue weighted by molar-refractivity contribution is 5.91. The molecule has 8 nitrogen and oxygen atoms in total. The molecule has 1 saturated heterocycles. The van der Waals surface area contributed by atoms with Crippen LogP contribution in [-0.2, 0) is 11.8 Å². The van der Waals surface area contributed by atoms with E-state index >= 15 is 0 Å². The quantitative estimate of drug-likeness (QED) is 0.675. The number of rotatable bonds is 5. The van der Waals surface area contributed by atoms with E-state index in [1.807, 2.05) is 36.2 Å². The molecule has 8 heteroatoms. The van der Waals surface area contributed by atoms with E-state index in [9.17, 15) is 4.79 Å². The molecule has 4 rings (SSSR count). The van der Waals surface area contributed by atoms with Crippen molar-refractivity contribution in [2.45, 2.75) is 18.8 Å². The van der Waals surface area contributed by atoms with Gasteiger partial charge in [-0.25, -0.2) is 9.97 Å². The number of aryl methyl sites for hydroxylation is 1. The molecule has 3 aromatic rings. The molecule has 0 atom stereocenters. The van der Waals surface area contributed by atoms with Crippen molar-refractivity contribution < 1.29 is 4.79 Å². The average Bonchev–Trinajstić information content (AvgIpc) is 3.18. The number of nitrogens with zero attached hydrogens (tertiary/aromatic N) is 6. The van der Waals surface area contributed by atoms with Crippen molar-refractivity contribution in [3.63, 3.8) is 0 Å². The molecule has 3 aromatic heterocycles. The standard InChI is InChI=1S/C21H23N7O/c1-27-17(7-11-25-27)5-6-19(29)28-14-8-16(9-15-28)20-21(24-13-12-23-20)26-18-4-2-3-10-22-18/h2-7,10-13,16H,8-9,14-15H2,1H3,(H,22,24,26). The van der Waals surface area contributed by atoms with Gasteiger partial charge in [-0.05, 0) is 37.1 Å². The SMILES string of the molecule is Cn1nccc1C=CC(=O)N1CCC(c2nccnc2Nc2ccccn2)CC1. The molecule has 29 heavy (non-hydrogen) atoms.